The van der Waals surface area contributed by atoms with E-state index in [1.54, 1.807) is 0 Å². The average Bonchev–Trinajstić information content (AvgIpc) is 3.23. The van der Waals surface area contributed by atoms with Crippen LogP contribution < -0.4 is 0 Å². The lowest BCUT2D eigenvalue weighted by Crippen LogP contribution is -2.37. The Morgan fingerprint density at radius 2 is 2.14 bits per heavy atom. The molecular formula is C15H12ClNO5. The monoisotopic (exact) mass is 321 g/mol. The Labute approximate surface area is 130 Å². The van der Waals surface area contributed by atoms with Crippen LogP contribution in [0.4, 0.5) is 5.69 Å². The molecule has 0 heterocycles. The third-order valence-electron chi connectivity index (χ3n) is 4.53. The molecular weight excluding hydrogens is 310 g/mol. The summed E-state index contributed by atoms with van der Waals surface area (Å²) in [7, 11) is 0. The van der Waals surface area contributed by atoms with Gasteiger partial charge in [-0.2, -0.15) is 0 Å². The number of nitro groups is 1. The van der Waals surface area contributed by atoms with Crippen molar-refractivity contribution in [2.75, 3.05) is 0 Å². The van der Waals surface area contributed by atoms with Crippen LogP contribution >= 0.6 is 11.6 Å². The highest BCUT2D eigenvalue weighted by Gasteiger charge is 2.55. The van der Waals surface area contributed by atoms with Crippen LogP contribution in [-0.4, -0.2) is 22.8 Å². The summed E-state index contributed by atoms with van der Waals surface area (Å²) in [5, 5.41) is 11.2. The standard InChI is InChI=1S/C15H12ClNO5/c16-8-1-2-9(12(5-8)17(21)22)15(20)14-11(6-18)10-3-7(10)4-13(14)19/h1-2,5-7,10-11,14H,3-4H2. The molecule has 1 aromatic carbocycles. The number of hydrogen-bond acceptors (Lipinski definition) is 5. The number of rotatable bonds is 4. The summed E-state index contributed by atoms with van der Waals surface area (Å²) in [6.07, 6.45) is 1.68. The molecule has 0 aliphatic heterocycles. The molecule has 0 aromatic heterocycles. The zero-order valence-corrected chi connectivity index (χ0v) is 12.2. The number of aldehydes is 1. The third kappa shape index (κ3) is 2.33. The second-order valence-corrected chi connectivity index (χ2v) is 6.24. The Kier molecular flexibility index (Phi) is 3.56. The van der Waals surface area contributed by atoms with Gasteiger partial charge in [0, 0.05) is 23.4 Å². The third-order valence-corrected chi connectivity index (χ3v) is 4.76. The van der Waals surface area contributed by atoms with E-state index in [-0.39, 0.29) is 34.6 Å². The number of benzene rings is 1. The first kappa shape index (κ1) is 14.8. The molecule has 0 radical (unpaired) electrons. The molecule has 114 valence electrons. The zero-order chi connectivity index (χ0) is 16.0. The molecule has 2 saturated carbocycles. The molecule has 3 rings (SSSR count). The number of carbonyl (C=O) groups excluding carboxylic acids is 3. The minimum absolute atomic E-state index is 0.0514. The van der Waals surface area contributed by atoms with E-state index in [0.717, 1.165) is 12.5 Å². The molecule has 0 amide bonds. The first-order valence-electron chi connectivity index (χ1n) is 6.90. The topological polar surface area (TPSA) is 94.3 Å². The quantitative estimate of drug-likeness (QED) is 0.279. The second kappa shape index (κ2) is 5.28. The second-order valence-electron chi connectivity index (χ2n) is 5.80. The number of nitro benzene ring substituents is 1. The van der Waals surface area contributed by atoms with Gasteiger partial charge in [0.15, 0.2) is 5.78 Å². The van der Waals surface area contributed by atoms with Crippen LogP contribution in [0.5, 0.6) is 0 Å². The molecule has 0 saturated heterocycles. The Morgan fingerprint density at radius 1 is 1.41 bits per heavy atom. The summed E-state index contributed by atoms with van der Waals surface area (Å²) in [4.78, 5) is 46.5. The molecule has 6 nitrogen and oxygen atoms in total. The molecule has 2 fully saturated rings. The molecule has 0 bridgehead atoms. The zero-order valence-electron chi connectivity index (χ0n) is 11.4. The number of hydrogen-bond donors (Lipinski definition) is 0. The summed E-state index contributed by atoms with van der Waals surface area (Å²) >= 11 is 5.73. The fourth-order valence-electron chi connectivity index (χ4n) is 3.36. The van der Waals surface area contributed by atoms with Crippen molar-refractivity contribution in [1.82, 2.24) is 0 Å². The van der Waals surface area contributed by atoms with Gasteiger partial charge in [0.2, 0.25) is 0 Å². The molecule has 1 aromatic rings. The lowest BCUT2D eigenvalue weighted by atomic mass is 9.75. The van der Waals surface area contributed by atoms with Gasteiger partial charge in [0.25, 0.3) is 5.69 Å². The minimum atomic E-state index is -1.11. The van der Waals surface area contributed by atoms with Gasteiger partial charge >= 0.3 is 0 Å². The van der Waals surface area contributed by atoms with Crippen molar-refractivity contribution < 1.29 is 19.3 Å². The van der Waals surface area contributed by atoms with E-state index in [0.29, 0.717) is 6.29 Å². The van der Waals surface area contributed by atoms with Crippen molar-refractivity contribution in [2.45, 2.75) is 12.8 Å². The Balaban J connectivity index is 2.01. The molecule has 2 aliphatic carbocycles. The predicted octanol–water partition coefficient (Wildman–Crippen LogP) is 2.47. The van der Waals surface area contributed by atoms with Gasteiger partial charge in [-0.25, -0.2) is 0 Å². The van der Waals surface area contributed by atoms with Crippen molar-refractivity contribution in [3.8, 4) is 0 Å². The summed E-state index contributed by atoms with van der Waals surface area (Å²) in [6.45, 7) is 0. The van der Waals surface area contributed by atoms with Crippen molar-refractivity contribution in [2.24, 2.45) is 23.7 Å². The van der Waals surface area contributed by atoms with Gasteiger partial charge in [-0.05, 0) is 30.4 Å². The number of halogens is 1. The van der Waals surface area contributed by atoms with E-state index < -0.39 is 28.2 Å². The van der Waals surface area contributed by atoms with E-state index in [1.165, 1.54) is 12.1 Å². The van der Waals surface area contributed by atoms with Crippen molar-refractivity contribution in [3.05, 3.63) is 38.9 Å². The average molecular weight is 322 g/mol. The highest BCUT2D eigenvalue weighted by Crippen LogP contribution is 2.53. The Hall–Kier alpha value is -2.08. The van der Waals surface area contributed by atoms with E-state index in [9.17, 15) is 24.5 Å². The first-order chi connectivity index (χ1) is 10.4. The van der Waals surface area contributed by atoms with Gasteiger partial charge in [0.05, 0.1) is 16.4 Å². The maximum Gasteiger partial charge on any atom is 0.281 e. The number of nitrogens with zero attached hydrogens (tertiary/aromatic N) is 1. The molecule has 4 atom stereocenters. The Morgan fingerprint density at radius 3 is 2.77 bits per heavy atom. The van der Waals surface area contributed by atoms with E-state index >= 15 is 0 Å². The van der Waals surface area contributed by atoms with Crippen LogP contribution in [0, 0.1) is 33.8 Å². The molecule has 0 N–H and O–H groups in total. The van der Waals surface area contributed by atoms with Gasteiger partial charge in [-0.3, -0.25) is 19.7 Å². The van der Waals surface area contributed by atoms with Crippen LogP contribution in [0.25, 0.3) is 0 Å². The normalized spacial score (nSPS) is 29.6. The first-order valence-corrected chi connectivity index (χ1v) is 7.28. The van der Waals surface area contributed by atoms with Gasteiger partial charge in [-0.15, -0.1) is 0 Å². The number of fused-ring (bicyclic) bond motifs is 1. The van der Waals surface area contributed by atoms with Crippen LogP contribution in [0.2, 0.25) is 5.02 Å². The highest BCUT2D eigenvalue weighted by molar-refractivity contribution is 6.31. The summed E-state index contributed by atoms with van der Waals surface area (Å²) in [5.74, 6) is -2.50. The van der Waals surface area contributed by atoms with Gasteiger partial charge in [-0.1, -0.05) is 11.6 Å². The molecule has 22 heavy (non-hydrogen) atoms. The van der Waals surface area contributed by atoms with E-state index in [1.807, 2.05) is 0 Å². The smallest absolute Gasteiger partial charge is 0.281 e. The highest BCUT2D eigenvalue weighted by atomic mass is 35.5. The van der Waals surface area contributed by atoms with Crippen LogP contribution in [-0.2, 0) is 9.59 Å². The van der Waals surface area contributed by atoms with Crippen molar-refractivity contribution in [3.63, 3.8) is 0 Å². The summed E-state index contributed by atoms with van der Waals surface area (Å²) < 4.78 is 0. The molecule has 0 spiro atoms. The SMILES string of the molecule is O=CC1C(C(=O)c2ccc(Cl)cc2[N+](=O)[O-])C(=O)CC2CC21. The lowest BCUT2D eigenvalue weighted by molar-refractivity contribution is -0.385. The van der Waals surface area contributed by atoms with Gasteiger partial charge < -0.3 is 4.79 Å². The fraction of sp³-hybridized carbons (Fsp3) is 0.400. The van der Waals surface area contributed by atoms with Crippen molar-refractivity contribution in [1.29, 1.82) is 0 Å². The number of carbonyl (C=O) groups is 3. The maximum atomic E-state index is 12.7. The van der Waals surface area contributed by atoms with E-state index in [2.05, 4.69) is 0 Å². The minimum Gasteiger partial charge on any atom is -0.303 e. The number of ketones is 2. The largest absolute Gasteiger partial charge is 0.303 e. The van der Waals surface area contributed by atoms with Crippen LogP contribution in [0.3, 0.4) is 0 Å². The number of Topliss-reactive ketones (excluding diaryl/α,β-unsaturated/α-hetero) is 2. The van der Waals surface area contributed by atoms with Crippen LogP contribution in [0.1, 0.15) is 23.2 Å². The molecule has 7 heteroatoms. The van der Waals surface area contributed by atoms with Crippen molar-refractivity contribution >= 4 is 35.1 Å². The molecule has 2 aliphatic rings. The fourth-order valence-corrected chi connectivity index (χ4v) is 3.52. The molecule has 4 unspecified atom stereocenters. The lowest BCUT2D eigenvalue weighted by Gasteiger charge is -2.24. The van der Waals surface area contributed by atoms with Crippen LogP contribution in [0.15, 0.2) is 18.2 Å². The predicted molar refractivity (Wildman–Crippen MR) is 76.7 cm³/mol. The summed E-state index contributed by atoms with van der Waals surface area (Å²) in [6, 6.07) is 3.69. The maximum absolute atomic E-state index is 12.7. The van der Waals surface area contributed by atoms with Gasteiger partial charge in [0.1, 0.15) is 12.1 Å². The summed E-state index contributed by atoms with van der Waals surface area (Å²) in [5.41, 5.74) is -0.605. The van der Waals surface area contributed by atoms with E-state index in [4.69, 9.17) is 11.6 Å². The Bertz CT molecular complexity index is 701.